The van der Waals surface area contributed by atoms with Crippen LogP contribution in [0.3, 0.4) is 0 Å². The van der Waals surface area contributed by atoms with Gasteiger partial charge in [0.15, 0.2) is 6.61 Å². The first-order valence-corrected chi connectivity index (χ1v) is 11.8. The Morgan fingerprint density at radius 1 is 1.29 bits per heavy atom. The number of hydrogen-bond donors (Lipinski definition) is 1. The third kappa shape index (κ3) is 5.70. The van der Waals surface area contributed by atoms with E-state index in [4.69, 9.17) is 44.3 Å². The molecule has 3 rings (SSSR count). The van der Waals surface area contributed by atoms with Crippen molar-refractivity contribution in [3.8, 4) is 5.75 Å². The van der Waals surface area contributed by atoms with Gasteiger partial charge in [-0.25, -0.2) is 4.79 Å². The molecule has 0 radical (unpaired) electrons. The summed E-state index contributed by atoms with van der Waals surface area (Å²) < 4.78 is 8.69. The standard InChI is InChI=1S/C19H16BrCl3N2O5S/c1-10-12(7-20)31-17-14(24-13(26)8-29-11-5-3-2-4-6-11)16(27)25(17)15(10)18(28)30-9-19(21,22)23/h2-7,14,17H,8-9H2,1H3,(H,24,26)/b12-7-. The molecule has 0 bridgehead atoms. The smallest absolute Gasteiger partial charge is 0.355 e. The number of carbonyl (C=O) groups excluding carboxylic acids is 3. The lowest BCUT2D eigenvalue weighted by atomic mass is 10.0. The number of ether oxygens (including phenoxy) is 2. The summed E-state index contributed by atoms with van der Waals surface area (Å²) in [5.74, 6) is -1.17. The number of para-hydroxylation sites is 1. The van der Waals surface area contributed by atoms with E-state index in [1.807, 2.05) is 6.07 Å². The zero-order valence-electron chi connectivity index (χ0n) is 15.9. The van der Waals surface area contributed by atoms with Crippen LogP contribution in [0.2, 0.25) is 0 Å². The average Bonchev–Trinajstić information content (AvgIpc) is 2.74. The van der Waals surface area contributed by atoms with Gasteiger partial charge in [-0.1, -0.05) is 80.7 Å². The summed E-state index contributed by atoms with van der Waals surface area (Å²) >= 11 is 21.5. The van der Waals surface area contributed by atoms with Crippen molar-refractivity contribution in [3.05, 3.63) is 51.5 Å². The summed E-state index contributed by atoms with van der Waals surface area (Å²) in [7, 11) is 0. The molecule has 1 aromatic carbocycles. The number of benzene rings is 1. The molecular weight excluding hydrogens is 555 g/mol. The highest BCUT2D eigenvalue weighted by Gasteiger charge is 2.55. The molecule has 166 valence electrons. The normalized spacial score (nSPS) is 22.0. The van der Waals surface area contributed by atoms with Crippen LogP contribution in [-0.4, -0.2) is 51.1 Å². The highest BCUT2D eigenvalue weighted by molar-refractivity contribution is 9.11. The maximum atomic E-state index is 12.8. The highest BCUT2D eigenvalue weighted by Crippen LogP contribution is 2.47. The Bertz CT molecular complexity index is 952. The van der Waals surface area contributed by atoms with Crippen LogP contribution in [0.5, 0.6) is 5.75 Å². The van der Waals surface area contributed by atoms with Crippen LogP contribution < -0.4 is 10.1 Å². The first-order valence-electron chi connectivity index (χ1n) is 8.85. The van der Waals surface area contributed by atoms with Crippen LogP contribution in [0.25, 0.3) is 0 Å². The number of halogens is 4. The molecule has 31 heavy (non-hydrogen) atoms. The minimum Gasteiger partial charge on any atom is -0.484 e. The minimum absolute atomic E-state index is 0.0414. The fraction of sp³-hybridized carbons (Fsp3) is 0.316. The number of carbonyl (C=O) groups is 3. The molecule has 0 spiro atoms. The summed E-state index contributed by atoms with van der Waals surface area (Å²) in [4.78, 5) is 41.3. The maximum Gasteiger partial charge on any atom is 0.355 e. The van der Waals surface area contributed by atoms with E-state index in [9.17, 15) is 14.4 Å². The summed E-state index contributed by atoms with van der Waals surface area (Å²) in [6.07, 6.45) is 0. The van der Waals surface area contributed by atoms with Crippen LogP contribution in [0.1, 0.15) is 6.92 Å². The number of esters is 1. The van der Waals surface area contributed by atoms with Crippen molar-refractivity contribution in [3.63, 3.8) is 0 Å². The number of β-lactam (4-membered cyclic amide) rings is 1. The van der Waals surface area contributed by atoms with Gasteiger partial charge in [0.25, 0.3) is 11.8 Å². The third-order valence-corrected chi connectivity index (χ3v) is 6.84. The van der Waals surface area contributed by atoms with Gasteiger partial charge >= 0.3 is 5.97 Å². The van der Waals surface area contributed by atoms with E-state index in [1.54, 1.807) is 36.2 Å². The number of alkyl halides is 3. The molecule has 1 fully saturated rings. The molecule has 0 saturated carbocycles. The lowest BCUT2D eigenvalue weighted by Crippen LogP contribution is -2.70. The first-order chi connectivity index (χ1) is 14.6. The Labute approximate surface area is 206 Å². The van der Waals surface area contributed by atoms with Crippen molar-refractivity contribution in [2.45, 2.75) is 22.1 Å². The second-order valence-electron chi connectivity index (χ2n) is 6.50. The molecule has 1 N–H and O–H groups in total. The van der Waals surface area contributed by atoms with E-state index in [0.717, 1.165) is 0 Å². The number of hydrogen-bond acceptors (Lipinski definition) is 6. The van der Waals surface area contributed by atoms with E-state index in [0.29, 0.717) is 16.2 Å². The molecule has 0 aliphatic carbocycles. The number of nitrogens with one attached hydrogen (secondary N) is 1. The number of allylic oxidation sites excluding steroid dienone is 1. The van der Waals surface area contributed by atoms with Crippen molar-refractivity contribution in [2.75, 3.05) is 13.2 Å². The monoisotopic (exact) mass is 568 g/mol. The Hall–Kier alpha value is -1.39. The van der Waals surface area contributed by atoms with E-state index >= 15 is 0 Å². The largest absolute Gasteiger partial charge is 0.484 e. The van der Waals surface area contributed by atoms with E-state index in [1.165, 1.54) is 16.7 Å². The van der Waals surface area contributed by atoms with Crippen molar-refractivity contribution in [2.24, 2.45) is 0 Å². The lowest BCUT2D eigenvalue weighted by Gasteiger charge is -2.49. The second kappa shape index (κ2) is 10.0. The summed E-state index contributed by atoms with van der Waals surface area (Å²) in [5, 5.41) is 2.12. The molecule has 2 heterocycles. The Balaban J connectivity index is 1.69. The van der Waals surface area contributed by atoms with Gasteiger partial charge in [-0.05, 0) is 29.6 Å². The predicted octanol–water partition coefficient (Wildman–Crippen LogP) is 3.89. The van der Waals surface area contributed by atoms with Crippen molar-refractivity contribution in [1.29, 1.82) is 0 Å². The molecule has 12 heteroatoms. The van der Waals surface area contributed by atoms with Gasteiger partial charge in [0.2, 0.25) is 3.79 Å². The average molecular weight is 571 g/mol. The summed E-state index contributed by atoms with van der Waals surface area (Å²) in [6, 6.07) is 8.00. The lowest BCUT2D eigenvalue weighted by molar-refractivity contribution is -0.153. The Morgan fingerprint density at radius 3 is 2.58 bits per heavy atom. The first kappa shape index (κ1) is 24.3. The van der Waals surface area contributed by atoms with Gasteiger partial charge in [-0.15, -0.1) is 0 Å². The molecule has 2 amide bonds. The molecule has 2 aliphatic heterocycles. The van der Waals surface area contributed by atoms with Gasteiger partial charge in [0.05, 0.1) is 0 Å². The molecule has 2 aliphatic rings. The summed E-state index contributed by atoms with van der Waals surface area (Å²) in [6.45, 7) is 0.950. The SMILES string of the molecule is CC1=C(C(=O)OCC(Cl)(Cl)Cl)N2C(=O)C(NC(=O)COc3ccccc3)C2S/C1=C\Br. The van der Waals surface area contributed by atoms with Crippen LogP contribution in [-0.2, 0) is 19.1 Å². The van der Waals surface area contributed by atoms with Crippen LogP contribution >= 0.6 is 62.5 Å². The topological polar surface area (TPSA) is 84.9 Å². The fourth-order valence-corrected chi connectivity index (χ4v) is 4.98. The van der Waals surface area contributed by atoms with Crippen molar-refractivity contribution in [1.82, 2.24) is 10.2 Å². The zero-order chi connectivity index (χ0) is 22.8. The molecule has 7 nitrogen and oxygen atoms in total. The third-order valence-electron chi connectivity index (χ3n) is 4.35. The van der Waals surface area contributed by atoms with Gasteiger partial charge in [-0.2, -0.15) is 0 Å². The molecule has 2 atom stereocenters. The molecular formula is C19H16BrCl3N2O5S. The van der Waals surface area contributed by atoms with Gasteiger partial charge in [-0.3, -0.25) is 14.5 Å². The van der Waals surface area contributed by atoms with E-state index in [-0.39, 0.29) is 12.3 Å². The van der Waals surface area contributed by atoms with Gasteiger partial charge in [0.1, 0.15) is 29.5 Å². The van der Waals surface area contributed by atoms with Crippen molar-refractivity contribution >= 4 is 80.3 Å². The van der Waals surface area contributed by atoms with Gasteiger partial charge < -0.3 is 14.8 Å². The Kier molecular flexibility index (Phi) is 7.86. The predicted molar refractivity (Wildman–Crippen MR) is 123 cm³/mol. The maximum absolute atomic E-state index is 12.8. The molecule has 0 aromatic heterocycles. The zero-order valence-corrected chi connectivity index (χ0v) is 20.6. The quantitative estimate of drug-likeness (QED) is 0.318. The fourth-order valence-electron chi connectivity index (χ4n) is 2.93. The molecule has 1 saturated heterocycles. The van der Waals surface area contributed by atoms with E-state index < -0.39 is 39.6 Å². The minimum atomic E-state index is -1.78. The molecule has 1 aromatic rings. The number of fused-ring (bicyclic) bond motifs is 1. The molecule has 2 unspecified atom stereocenters. The van der Waals surface area contributed by atoms with E-state index in [2.05, 4.69) is 21.2 Å². The number of nitrogens with zero attached hydrogens (tertiary/aromatic N) is 1. The van der Waals surface area contributed by atoms with Crippen LogP contribution in [0.4, 0.5) is 0 Å². The van der Waals surface area contributed by atoms with Gasteiger partial charge in [0, 0.05) is 4.91 Å². The number of amides is 2. The highest BCUT2D eigenvalue weighted by atomic mass is 79.9. The number of rotatable bonds is 6. The Morgan fingerprint density at radius 2 is 1.97 bits per heavy atom. The number of thioether (sulfide) groups is 1. The van der Waals surface area contributed by atoms with Crippen LogP contribution in [0.15, 0.2) is 51.5 Å². The summed E-state index contributed by atoms with van der Waals surface area (Å²) in [5.41, 5.74) is 0.567. The van der Waals surface area contributed by atoms with Crippen molar-refractivity contribution < 1.29 is 23.9 Å². The van der Waals surface area contributed by atoms with Crippen LogP contribution in [0, 0.1) is 0 Å². The second-order valence-corrected chi connectivity index (χ2v) is 10.6.